The van der Waals surface area contributed by atoms with Crippen molar-refractivity contribution in [3.05, 3.63) is 12.0 Å². The highest BCUT2D eigenvalue weighted by atomic mass is 16.5. The van der Waals surface area contributed by atoms with Crippen molar-refractivity contribution in [1.29, 1.82) is 0 Å². The van der Waals surface area contributed by atoms with Crippen molar-refractivity contribution in [2.24, 2.45) is 0 Å². The number of carbonyl (C=O) groups is 1. The molecule has 0 aliphatic rings. The Hall–Kier alpha value is -1.03. The topological polar surface area (TPSA) is 44.8 Å². The average molecular weight is 230 g/mol. The Balaban J connectivity index is 3.78. The van der Waals surface area contributed by atoms with Crippen LogP contribution in [0.2, 0.25) is 0 Å². The number of unbranched alkanes of at least 4 members (excludes halogenated alkanes) is 2. The smallest absolute Gasteiger partial charge is 0.310 e. The van der Waals surface area contributed by atoms with E-state index in [1.165, 1.54) is 6.26 Å². The molecular weight excluding hydrogens is 208 g/mol. The molecule has 0 unspecified atom stereocenters. The standard InChI is InChI=1S/C12H22O4/c1-4-5-6-7-12(13)16-10-11(15-3)8-9-14-2/h10H,4-9H2,1-3H3. The molecule has 0 amide bonds. The van der Waals surface area contributed by atoms with Crippen LogP contribution in [0.1, 0.15) is 39.0 Å². The highest BCUT2D eigenvalue weighted by molar-refractivity contribution is 5.69. The van der Waals surface area contributed by atoms with E-state index in [4.69, 9.17) is 14.2 Å². The van der Waals surface area contributed by atoms with E-state index in [1.54, 1.807) is 14.2 Å². The minimum absolute atomic E-state index is 0.208. The molecule has 0 saturated carbocycles. The molecule has 0 N–H and O–H groups in total. The lowest BCUT2D eigenvalue weighted by Gasteiger charge is -2.05. The molecule has 0 bridgehead atoms. The van der Waals surface area contributed by atoms with Crippen LogP contribution >= 0.6 is 0 Å². The van der Waals surface area contributed by atoms with Crippen LogP contribution in [0.25, 0.3) is 0 Å². The van der Waals surface area contributed by atoms with E-state index < -0.39 is 0 Å². The predicted octanol–water partition coefficient (Wildman–Crippen LogP) is 2.63. The second-order valence-electron chi connectivity index (χ2n) is 3.48. The monoisotopic (exact) mass is 230 g/mol. The van der Waals surface area contributed by atoms with Gasteiger partial charge in [-0.25, -0.2) is 0 Å². The Morgan fingerprint density at radius 1 is 1.19 bits per heavy atom. The minimum atomic E-state index is -0.208. The Labute approximate surface area is 97.6 Å². The Bertz CT molecular complexity index is 211. The van der Waals surface area contributed by atoms with E-state index in [-0.39, 0.29) is 5.97 Å². The maximum Gasteiger partial charge on any atom is 0.310 e. The van der Waals surface area contributed by atoms with Crippen molar-refractivity contribution in [3.63, 3.8) is 0 Å². The molecule has 4 heteroatoms. The van der Waals surface area contributed by atoms with Gasteiger partial charge < -0.3 is 14.2 Å². The number of rotatable bonds is 9. The molecule has 0 saturated heterocycles. The van der Waals surface area contributed by atoms with Gasteiger partial charge >= 0.3 is 5.97 Å². The molecular formula is C12H22O4. The Morgan fingerprint density at radius 3 is 2.50 bits per heavy atom. The molecule has 94 valence electrons. The lowest BCUT2D eigenvalue weighted by Crippen LogP contribution is -2.02. The molecule has 0 aliphatic heterocycles. The van der Waals surface area contributed by atoms with Crippen molar-refractivity contribution < 1.29 is 19.0 Å². The predicted molar refractivity (Wildman–Crippen MR) is 61.8 cm³/mol. The van der Waals surface area contributed by atoms with Crippen molar-refractivity contribution in [2.45, 2.75) is 39.0 Å². The molecule has 0 aliphatic carbocycles. The zero-order valence-electron chi connectivity index (χ0n) is 10.5. The fourth-order valence-corrected chi connectivity index (χ4v) is 1.12. The summed E-state index contributed by atoms with van der Waals surface area (Å²) in [6.45, 7) is 2.64. The van der Waals surface area contributed by atoms with Crippen LogP contribution in [0.4, 0.5) is 0 Å². The Morgan fingerprint density at radius 2 is 1.94 bits per heavy atom. The number of hydrogen-bond acceptors (Lipinski definition) is 4. The van der Waals surface area contributed by atoms with Gasteiger partial charge in [-0.1, -0.05) is 19.8 Å². The van der Waals surface area contributed by atoms with E-state index in [1.807, 2.05) is 0 Å². The zero-order valence-corrected chi connectivity index (χ0v) is 10.5. The van der Waals surface area contributed by atoms with Gasteiger partial charge in [0.25, 0.3) is 0 Å². The maximum absolute atomic E-state index is 11.3. The third-order valence-electron chi connectivity index (χ3n) is 2.12. The highest BCUT2D eigenvalue weighted by Gasteiger charge is 2.02. The largest absolute Gasteiger partial charge is 0.498 e. The van der Waals surface area contributed by atoms with E-state index in [0.29, 0.717) is 25.2 Å². The van der Waals surface area contributed by atoms with Gasteiger partial charge in [-0.05, 0) is 6.42 Å². The summed E-state index contributed by atoms with van der Waals surface area (Å²) in [5.41, 5.74) is 0. The van der Waals surface area contributed by atoms with Gasteiger partial charge in [0.05, 0.1) is 13.7 Å². The molecule has 0 fully saturated rings. The maximum atomic E-state index is 11.3. The summed E-state index contributed by atoms with van der Waals surface area (Å²) >= 11 is 0. The van der Waals surface area contributed by atoms with Gasteiger partial charge in [0.2, 0.25) is 0 Å². The first kappa shape index (κ1) is 15.0. The van der Waals surface area contributed by atoms with Gasteiger partial charge in [-0.2, -0.15) is 0 Å². The lowest BCUT2D eigenvalue weighted by molar-refractivity contribution is -0.138. The fourth-order valence-electron chi connectivity index (χ4n) is 1.12. The van der Waals surface area contributed by atoms with Crippen molar-refractivity contribution in [3.8, 4) is 0 Å². The average Bonchev–Trinajstić information content (AvgIpc) is 2.30. The Kier molecular flexibility index (Phi) is 9.81. The summed E-state index contributed by atoms with van der Waals surface area (Å²) in [7, 11) is 3.16. The van der Waals surface area contributed by atoms with Crippen LogP contribution in [-0.4, -0.2) is 26.8 Å². The zero-order chi connectivity index (χ0) is 12.2. The normalized spacial score (nSPS) is 11.3. The van der Waals surface area contributed by atoms with E-state index >= 15 is 0 Å². The number of hydrogen-bond donors (Lipinski definition) is 0. The first-order valence-electron chi connectivity index (χ1n) is 5.66. The third kappa shape index (κ3) is 8.29. The molecule has 0 radical (unpaired) electrons. The number of carbonyl (C=O) groups excluding carboxylic acids is 1. The van der Waals surface area contributed by atoms with Crippen LogP contribution in [0.3, 0.4) is 0 Å². The van der Waals surface area contributed by atoms with Crippen LogP contribution in [0.5, 0.6) is 0 Å². The molecule has 0 spiro atoms. The van der Waals surface area contributed by atoms with Crippen LogP contribution in [0.15, 0.2) is 12.0 Å². The van der Waals surface area contributed by atoms with Gasteiger partial charge in [0.15, 0.2) is 0 Å². The molecule has 4 nitrogen and oxygen atoms in total. The summed E-state index contributed by atoms with van der Waals surface area (Å²) in [6, 6.07) is 0. The quantitative estimate of drug-likeness (QED) is 0.347. The van der Waals surface area contributed by atoms with E-state index in [0.717, 1.165) is 19.3 Å². The van der Waals surface area contributed by atoms with Crippen LogP contribution in [-0.2, 0) is 19.0 Å². The second kappa shape index (κ2) is 10.5. The van der Waals surface area contributed by atoms with Gasteiger partial charge in [-0.3, -0.25) is 4.79 Å². The minimum Gasteiger partial charge on any atom is -0.498 e. The highest BCUT2D eigenvalue weighted by Crippen LogP contribution is 2.05. The molecule has 0 aromatic heterocycles. The van der Waals surface area contributed by atoms with Crippen LogP contribution in [0, 0.1) is 0 Å². The lowest BCUT2D eigenvalue weighted by atomic mass is 10.2. The van der Waals surface area contributed by atoms with Crippen LogP contribution < -0.4 is 0 Å². The molecule has 16 heavy (non-hydrogen) atoms. The number of esters is 1. The van der Waals surface area contributed by atoms with E-state index in [9.17, 15) is 4.79 Å². The fraction of sp³-hybridized carbons (Fsp3) is 0.750. The summed E-state index contributed by atoms with van der Waals surface area (Å²) in [6.07, 6.45) is 5.47. The number of methoxy groups -OCH3 is 2. The molecule has 0 aromatic rings. The summed E-state index contributed by atoms with van der Waals surface area (Å²) < 4.78 is 14.9. The number of ether oxygens (including phenoxy) is 3. The van der Waals surface area contributed by atoms with Crippen molar-refractivity contribution >= 4 is 5.97 Å². The van der Waals surface area contributed by atoms with Gasteiger partial charge in [0.1, 0.15) is 12.0 Å². The molecule has 0 heterocycles. The van der Waals surface area contributed by atoms with Gasteiger partial charge in [0, 0.05) is 20.0 Å². The molecule has 0 atom stereocenters. The second-order valence-corrected chi connectivity index (χ2v) is 3.48. The third-order valence-corrected chi connectivity index (χ3v) is 2.12. The molecule has 0 aromatic carbocycles. The van der Waals surface area contributed by atoms with Crippen molar-refractivity contribution in [2.75, 3.05) is 20.8 Å². The van der Waals surface area contributed by atoms with E-state index in [2.05, 4.69) is 6.92 Å². The first-order valence-corrected chi connectivity index (χ1v) is 5.66. The molecule has 0 rings (SSSR count). The first-order chi connectivity index (χ1) is 7.74. The summed E-state index contributed by atoms with van der Waals surface area (Å²) in [4.78, 5) is 11.3. The summed E-state index contributed by atoms with van der Waals surface area (Å²) in [5, 5.41) is 0. The van der Waals surface area contributed by atoms with Gasteiger partial charge in [-0.15, -0.1) is 0 Å². The summed E-state index contributed by atoms with van der Waals surface area (Å²) in [5.74, 6) is 0.408. The van der Waals surface area contributed by atoms with Crippen molar-refractivity contribution in [1.82, 2.24) is 0 Å². The SMILES string of the molecule is CCCCCC(=O)OC=C(CCOC)OC.